The van der Waals surface area contributed by atoms with Gasteiger partial charge in [-0.3, -0.25) is 32.7 Å². The second-order valence-corrected chi connectivity index (χ2v) is 9.44. The Labute approximate surface area is 176 Å². The third kappa shape index (κ3) is 5.30. The van der Waals surface area contributed by atoms with E-state index in [1.54, 1.807) is 13.8 Å². The summed E-state index contributed by atoms with van der Waals surface area (Å²) in [7, 11) is -4.22. The first kappa shape index (κ1) is 23.8. The van der Waals surface area contributed by atoms with Gasteiger partial charge in [0.15, 0.2) is 6.23 Å². The fourth-order valence-electron chi connectivity index (χ4n) is 3.33. The van der Waals surface area contributed by atoms with Crippen molar-refractivity contribution in [2.75, 3.05) is 13.2 Å². The number of nitrogens with two attached hydrogens (primary N) is 1. The molecule has 0 unspecified atom stereocenters. The predicted octanol–water partition coefficient (Wildman–Crippen LogP) is 0.371. The van der Waals surface area contributed by atoms with E-state index >= 15 is 0 Å². The van der Waals surface area contributed by atoms with Crippen LogP contribution < -0.4 is 17.0 Å². The molecule has 0 saturated carbocycles. The number of aromatic nitrogens is 2. The topological polar surface area (TPSA) is 161 Å². The quantitative estimate of drug-likeness (QED) is 0.425. The number of fused-ring (bicyclic) bond motifs is 1. The SMILES string of the molecule is CC(C)OC(=O)C[C@H](F)CO[P@@]1(=O)OC[C@H]2O[C@@H](n3ccc(=O)[nH]c3=O)[C@](C)(N)[C@@H]2O1. The molecule has 1 aromatic heterocycles. The summed E-state index contributed by atoms with van der Waals surface area (Å²) in [6, 6.07) is 1.12. The molecule has 12 nitrogen and oxygen atoms in total. The molecule has 2 aliphatic heterocycles. The van der Waals surface area contributed by atoms with Crippen molar-refractivity contribution >= 4 is 13.8 Å². The van der Waals surface area contributed by atoms with Crippen LogP contribution in [0, 0.1) is 0 Å². The summed E-state index contributed by atoms with van der Waals surface area (Å²) in [5.41, 5.74) is 3.61. The van der Waals surface area contributed by atoms with Gasteiger partial charge in [0.25, 0.3) is 5.56 Å². The summed E-state index contributed by atoms with van der Waals surface area (Å²) < 4.78 is 54.1. The van der Waals surface area contributed by atoms with E-state index in [4.69, 9.17) is 28.8 Å². The maximum atomic E-state index is 14.0. The number of hydrogen-bond donors (Lipinski definition) is 2. The molecule has 6 atom stereocenters. The minimum atomic E-state index is -4.22. The smallest absolute Gasteiger partial charge is 0.463 e. The van der Waals surface area contributed by atoms with Crippen molar-refractivity contribution in [2.24, 2.45) is 5.73 Å². The van der Waals surface area contributed by atoms with Crippen molar-refractivity contribution in [1.29, 1.82) is 0 Å². The Hall–Kier alpha value is -1.89. The van der Waals surface area contributed by atoms with Gasteiger partial charge in [0, 0.05) is 12.3 Å². The number of alkyl halides is 1. The lowest BCUT2D eigenvalue weighted by molar-refractivity contribution is -0.149. The third-order valence-electron chi connectivity index (χ3n) is 4.70. The first-order valence-electron chi connectivity index (χ1n) is 9.58. The average molecular weight is 465 g/mol. The zero-order valence-electron chi connectivity index (χ0n) is 17.2. The predicted molar refractivity (Wildman–Crippen MR) is 103 cm³/mol. The van der Waals surface area contributed by atoms with Crippen molar-refractivity contribution in [3.8, 4) is 0 Å². The lowest BCUT2D eigenvalue weighted by Crippen LogP contribution is -2.55. The van der Waals surface area contributed by atoms with Crippen molar-refractivity contribution < 1.29 is 36.8 Å². The maximum Gasteiger partial charge on any atom is 0.475 e. The second-order valence-electron chi connectivity index (χ2n) is 7.82. The molecule has 2 aliphatic rings. The Bertz CT molecular complexity index is 978. The number of ether oxygens (including phenoxy) is 2. The molecule has 2 saturated heterocycles. The monoisotopic (exact) mass is 465 g/mol. The van der Waals surface area contributed by atoms with Crippen LogP contribution in [-0.2, 0) is 32.4 Å². The number of halogens is 1. The third-order valence-corrected chi connectivity index (χ3v) is 6.11. The van der Waals surface area contributed by atoms with Crippen molar-refractivity contribution in [1.82, 2.24) is 9.55 Å². The van der Waals surface area contributed by atoms with Crippen LogP contribution in [0.2, 0.25) is 0 Å². The van der Waals surface area contributed by atoms with E-state index in [2.05, 4.69) is 4.98 Å². The molecule has 174 valence electrons. The lowest BCUT2D eigenvalue weighted by atomic mass is 9.93. The molecule has 0 bridgehead atoms. The van der Waals surface area contributed by atoms with Crippen LogP contribution in [0.5, 0.6) is 0 Å². The molecule has 0 radical (unpaired) electrons. The van der Waals surface area contributed by atoms with Crippen LogP contribution in [0.4, 0.5) is 4.39 Å². The summed E-state index contributed by atoms with van der Waals surface area (Å²) >= 11 is 0. The van der Waals surface area contributed by atoms with Crippen LogP contribution in [0.15, 0.2) is 21.9 Å². The van der Waals surface area contributed by atoms with Crippen molar-refractivity contribution in [2.45, 2.75) is 63.4 Å². The van der Waals surface area contributed by atoms with Crippen LogP contribution in [0.1, 0.15) is 33.4 Å². The van der Waals surface area contributed by atoms with Gasteiger partial charge in [0.1, 0.15) is 18.4 Å². The van der Waals surface area contributed by atoms with Gasteiger partial charge in [-0.1, -0.05) is 0 Å². The molecule has 0 aromatic carbocycles. The number of phosphoric ester groups is 1. The van der Waals surface area contributed by atoms with Gasteiger partial charge in [0.05, 0.1) is 31.3 Å². The van der Waals surface area contributed by atoms with Gasteiger partial charge in [-0.25, -0.2) is 13.8 Å². The molecule has 3 rings (SSSR count). The van der Waals surface area contributed by atoms with Gasteiger partial charge in [0.2, 0.25) is 0 Å². The molecule has 14 heteroatoms. The average Bonchev–Trinajstić information content (AvgIpc) is 2.90. The molecular weight excluding hydrogens is 440 g/mol. The standard InChI is InChI=1S/C17H25FN3O9P/c1-9(2)28-13(23)6-10(18)7-26-31(25)27-8-11-14(30-31)17(3,19)15(29-11)21-5-4-12(22)20-16(21)24/h4-5,9-11,14-15H,6-8,19H2,1-3H3,(H,20,22,24)/t10-,11+,14+,15+,17+,31-/m0/s1. The van der Waals surface area contributed by atoms with E-state index in [1.807, 2.05) is 0 Å². The molecule has 31 heavy (non-hydrogen) atoms. The summed E-state index contributed by atoms with van der Waals surface area (Å²) in [5, 5.41) is 0. The number of carbonyl (C=O) groups excluding carboxylic acids is 1. The summed E-state index contributed by atoms with van der Waals surface area (Å²) in [5.74, 6) is -0.761. The molecule has 0 spiro atoms. The lowest BCUT2D eigenvalue weighted by Gasteiger charge is -2.35. The maximum absolute atomic E-state index is 14.0. The minimum absolute atomic E-state index is 0.254. The number of H-pyrrole nitrogens is 1. The van der Waals surface area contributed by atoms with Crippen LogP contribution >= 0.6 is 7.82 Å². The number of esters is 1. The van der Waals surface area contributed by atoms with E-state index in [0.29, 0.717) is 0 Å². The van der Waals surface area contributed by atoms with Crippen molar-refractivity contribution in [3.63, 3.8) is 0 Å². The first-order valence-corrected chi connectivity index (χ1v) is 11.0. The number of carbonyl (C=O) groups is 1. The van der Waals surface area contributed by atoms with Crippen molar-refractivity contribution in [3.05, 3.63) is 33.1 Å². The van der Waals surface area contributed by atoms with Gasteiger partial charge in [-0.05, 0) is 20.8 Å². The number of phosphoric acid groups is 1. The largest absolute Gasteiger partial charge is 0.475 e. The normalized spacial score (nSPS) is 33.8. The Morgan fingerprint density at radius 3 is 2.84 bits per heavy atom. The van der Waals surface area contributed by atoms with Gasteiger partial charge in [-0.2, -0.15) is 0 Å². The Kier molecular flexibility index (Phi) is 6.84. The first-order chi connectivity index (χ1) is 14.4. The molecule has 3 heterocycles. The van der Waals surface area contributed by atoms with E-state index in [-0.39, 0.29) is 6.61 Å². The summed E-state index contributed by atoms with van der Waals surface area (Å²) in [6.45, 7) is 3.78. The van der Waals surface area contributed by atoms with Gasteiger partial charge in [-0.15, -0.1) is 0 Å². The number of hydrogen-bond acceptors (Lipinski definition) is 10. The van der Waals surface area contributed by atoms with Crippen LogP contribution in [0.3, 0.4) is 0 Å². The van der Waals surface area contributed by atoms with Crippen LogP contribution in [0.25, 0.3) is 0 Å². The molecule has 1 aromatic rings. The number of aromatic amines is 1. The summed E-state index contributed by atoms with van der Waals surface area (Å²) in [6.07, 6.45) is -4.45. The Balaban J connectivity index is 1.66. The van der Waals surface area contributed by atoms with E-state index < -0.39 is 74.3 Å². The highest BCUT2D eigenvalue weighted by Crippen LogP contribution is 2.58. The summed E-state index contributed by atoms with van der Waals surface area (Å²) in [4.78, 5) is 37.0. The highest BCUT2D eigenvalue weighted by molar-refractivity contribution is 7.48. The molecule has 0 aliphatic carbocycles. The number of nitrogens with zero attached hydrogens (tertiary/aromatic N) is 1. The van der Waals surface area contributed by atoms with Gasteiger partial charge < -0.3 is 15.2 Å². The highest BCUT2D eigenvalue weighted by atomic mass is 31.2. The number of rotatable bonds is 7. The van der Waals surface area contributed by atoms with Gasteiger partial charge >= 0.3 is 19.5 Å². The molecular formula is C17H25FN3O9P. The van der Waals surface area contributed by atoms with E-state index in [1.165, 1.54) is 13.1 Å². The van der Waals surface area contributed by atoms with Crippen LogP contribution in [-0.4, -0.2) is 58.8 Å². The zero-order chi connectivity index (χ0) is 23.0. The zero-order valence-corrected chi connectivity index (χ0v) is 18.1. The van der Waals surface area contributed by atoms with E-state index in [0.717, 1.165) is 10.6 Å². The molecule has 3 N–H and O–H groups in total. The Morgan fingerprint density at radius 2 is 2.19 bits per heavy atom. The molecule has 2 fully saturated rings. The Morgan fingerprint density at radius 1 is 1.48 bits per heavy atom. The minimum Gasteiger partial charge on any atom is -0.463 e. The number of nitrogens with one attached hydrogen (secondary N) is 1. The highest BCUT2D eigenvalue weighted by Gasteiger charge is 2.59. The van der Waals surface area contributed by atoms with E-state index in [9.17, 15) is 23.3 Å². The molecule has 0 amide bonds. The fraction of sp³-hybridized carbons (Fsp3) is 0.706. The second kappa shape index (κ2) is 8.93. The fourth-order valence-corrected chi connectivity index (χ4v) is 4.85.